The molecule has 112 valence electrons. The fourth-order valence-electron chi connectivity index (χ4n) is 2.31. The molecule has 2 fully saturated rings. The SMILES string of the molecule is CC(=O)O[C@@H]1[C@H](OC(C)=O)[C@@H]2OC[C@H](O2)[C@@H]1OC(C)=O. The molecule has 2 rings (SSSR count). The highest BCUT2D eigenvalue weighted by atomic mass is 16.8. The summed E-state index contributed by atoms with van der Waals surface area (Å²) in [6, 6.07) is 0. The summed E-state index contributed by atoms with van der Waals surface area (Å²) in [6.07, 6.45) is -4.19. The van der Waals surface area contributed by atoms with Gasteiger partial charge in [-0.2, -0.15) is 0 Å². The molecule has 0 aromatic rings. The average molecular weight is 288 g/mol. The van der Waals surface area contributed by atoms with Gasteiger partial charge < -0.3 is 23.7 Å². The maximum atomic E-state index is 11.2. The molecular weight excluding hydrogens is 272 g/mol. The molecule has 0 aromatic heterocycles. The Morgan fingerprint density at radius 3 is 1.90 bits per heavy atom. The molecule has 8 nitrogen and oxygen atoms in total. The first-order valence-electron chi connectivity index (χ1n) is 6.17. The monoisotopic (exact) mass is 288 g/mol. The number of rotatable bonds is 3. The van der Waals surface area contributed by atoms with E-state index in [4.69, 9.17) is 23.7 Å². The third-order valence-corrected chi connectivity index (χ3v) is 2.92. The van der Waals surface area contributed by atoms with E-state index in [2.05, 4.69) is 0 Å². The number of carbonyl (C=O) groups excluding carboxylic acids is 3. The lowest BCUT2D eigenvalue weighted by molar-refractivity contribution is -0.250. The van der Waals surface area contributed by atoms with Crippen molar-refractivity contribution in [3.8, 4) is 0 Å². The van der Waals surface area contributed by atoms with Gasteiger partial charge in [-0.15, -0.1) is 0 Å². The van der Waals surface area contributed by atoms with Crippen LogP contribution in [0.15, 0.2) is 0 Å². The number of ether oxygens (including phenoxy) is 5. The normalized spacial score (nSPS) is 35.2. The van der Waals surface area contributed by atoms with Crippen LogP contribution in [-0.2, 0) is 38.1 Å². The highest BCUT2D eigenvalue weighted by molar-refractivity contribution is 5.68. The molecule has 0 amide bonds. The van der Waals surface area contributed by atoms with Gasteiger partial charge in [0.2, 0.25) is 0 Å². The summed E-state index contributed by atoms with van der Waals surface area (Å²) in [5.41, 5.74) is 0. The predicted molar refractivity (Wildman–Crippen MR) is 61.3 cm³/mol. The van der Waals surface area contributed by atoms with Crippen LogP contribution in [0.5, 0.6) is 0 Å². The molecule has 0 spiro atoms. The lowest BCUT2D eigenvalue weighted by Gasteiger charge is -2.38. The number of esters is 3. The van der Waals surface area contributed by atoms with Gasteiger partial charge >= 0.3 is 17.9 Å². The van der Waals surface area contributed by atoms with Gasteiger partial charge in [0.15, 0.2) is 24.6 Å². The molecular formula is C12H16O8. The summed E-state index contributed by atoms with van der Waals surface area (Å²) in [5, 5.41) is 0. The molecule has 0 N–H and O–H groups in total. The van der Waals surface area contributed by atoms with Crippen LogP contribution in [0.4, 0.5) is 0 Å². The Kier molecular flexibility index (Phi) is 4.24. The summed E-state index contributed by atoms with van der Waals surface area (Å²) in [7, 11) is 0. The summed E-state index contributed by atoms with van der Waals surface area (Å²) in [6.45, 7) is 3.83. The molecule has 20 heavy (non-hydrogen) atoms. The fourth-order valence-corrected chi connectivity index (χ4v) is 2.31. The van der Waals surface area contributed by atoms with Gasteiger partial charge in [0.25, 0.3) is 0 Å². The lowest BCUT2D eigenvalue weighted by Crippen LogP contribution is -2.58. The van der Waals surface area contributed by atoms with E-state index in [1.54, 1.807) is 0 Å². The minimum atomic E-state index is -0.973. The van der Waals surface area contributed by atoms with Gasteiger partial charge in [0.1, 0.15) is 6.10 Å². The Labute approximate surface area is 115 Å². The van der Waals surface area contributed by atoms with Gasteiger partial charge in [-0.25, -0.2) is 0 Å². The summed E-state index contributed by atoms with van der Waals surface area (Å²) >= 11 is 0. The van der Waals surface area contributed by atoms with Crippen LogP contribution in [0.25, 0.3) is 0 Å². The minimum absolute atomic E-state index is 0.165. The van der Waals surface area contributed by atoms with Crippen LogP contribution in [0, 0.1) is 0 Å². The molecule has 5 atom stereocenters. The molecule has 0 unspecified atom stereocenters. The molecule has 2 aliphatic rings. The molecule has 0 aromatic carbocycles. The number of fused-ring (bicyclic) bond motifs is 2. The summed E-state index contributed by atoms with van der Waals surface area (Å²) in [4.78, 5) is 33.6. The van der Waals surface area contributed by atoms with E-state index >= 15 is 0 Å². The Morgan fingerprint density at radius 2 is 1.35 bits per heavy atom. The molecule has 0 saturated carbocycles. The average Bonchev–Trinajstić information content (AvgIpc) is 2.74. The quantitative estimate of drug-likeness (QED) is 0.508. The molecule has 2 aliphatic heterocycles. The van der Waals surface area contributed by atoms with Crippen LogP contribution in [0.1, 0.15) is 20.8 Å². The molecule has 0 aliphatic carbocycles. The first kappa shape index (κ1) is 14.7. The van der Waals surface area contributed by atoms with Crippen molar-refractivity contribution >= 4 is 17.9 Å². The Bertz CT molecular complexity index is 390. The van der Waals surface area contributed by atoms with Crippen molar-refractivity contribution in [3.63, 3.8) is 0 Å². The lowest BCUT2D eigenvalue weighted by atomic mass is 10.00. The van der Waals surface area contributed by atoms with Crippen LogP contribution in [0.3, 0.4) is 0 Å². The van der Waals surface area contributed by atoms with E-state index in [9.17, 15) is 14.4 Å². The van der Waals surface area contributed by atoms with Crippen LogP contribution in [0.2, 0.25) is 0 Å². The van der Waals surface area contributed by atoms with Gasteiger partial charge in [-0.1, -0.05) is 0 Å². The Balaban J connectivity index is 2.24. The van der Waals surface area contributed by atoms with Crippen molar-refractivity contribution in [1.29, 1.82) is 0 Å². The number of hydrogen-bond donors (Lipinski definition) is 0. The van der Waals surface area contributed by atoms with Crippen molar-refractivity contribution in [2.24, 2.45) is 0 Å². The standard InChI is InChI=1S/C12H16O8/c1-5(13)17-9-8-4-16-12(20-8)11(19-7(3)15)10(9)18-6(2)14/h8-12H,4H2,1-3H3/t8-,9-,10-,11-,12+/m0/s1. The maximum Gasteiger partial charge on any atom is 0.303 e. The number of hydrogen-bond acceptors (Lipinski definition) is 8. The van der Waals surface area contributed by atoms with Crippen molar-refractivity contribution in [2.45, 2.75) is 51.5 Å². The van der Waals surface area contributed by atoms with Gasteiger partial charge in [-0.3, -0.25) is 14.4 Å². The second-order valence-corrected chi connectivity index (χ2v) is 4.60. The Morgan fingerprint density at radius 1 is 0.850 bits per heavy atom. The molecule has 2 bridgehead atoms. The van der Waals surface area contributed by atoms with Crippen molar-refractivity contribution in [2.75, 3.05) is 6.61 Å². The first-order chi connectivity index (χ1) is 9.38. The largest absolute Gasteiger partial charge is 0.456 e. The van der Waals surface area contributed by atoms with Crippen molar-refractivity contribution in [3.05, 3.63) is 0 Å². The van der Waals surface area contributed by atoms with E-state index in [0.717, 1.165) is 0 Å². The smallest absolute Gasteiger partial charge is 0.303 e. The maximum absolute atomic E-state index is 11.2. The van der Waals surface area contributed by atoms with Crippen molar-refractivity contribution < 1.29 is 38.1 Å². The molecule has 0 radical (unpaired) electrons. The van der Waals surface area contributed by atoms with E-state index in [1.807, 2.05) is 0 Å². The van der Waals surface area contributed by atoms with Gasteiger partial charge in [0, 0.05) is 20.8 Å². The topological polar surface area (TPSA) is 97.4 Å². The third kappa shape index (κ3) is 3.07. The van der Waals surface area contributed by atoms with Crippen LogP contribution >= 0.6 is 0 Å². The molecule has 2 saturated heterocycles. The Hall–Kier alpha value is -1.67. The summed E-state index contributed by atoms with van der Waals surface area (Å²) in [5.74, 6) is -1.71. The third-order valence-electron chi connectivity index (χ3n) is 2.92. The zero-order chi connectivity index (χ0) is 14.9. The van der Waals surface area contributed by atoms with Gasteiger partial charge in [0.05, 0.1) is 6.61 Å². The zero-order valence-corrected chi connectivity index (χ0v) is 11.4. The first-order valence-corrected chi connectivity index (χ1v) is 6.17. The van der Waals surface area contributed by atoms with Crippen molar-refractivity contribution in [1.82, 2.24) is 0 Å². The number of carbonyl (C=O) groups is 3. The van der Waals surface area contributed by atoms with E-state index in [0.29, 0.717) is 0 Å². The minimum Gasteiger partial charge on any atom is -0.456 e. The van der Waals surface area contributed by atoms with Gasteiger partial charge in [-0.05, 0) is 0 Å². The summed E-state index contributed by atoms with van der Waals surface area (Å²) < 4.78 is 26.2. The second kappa shape index (κ2) is 5.76. The predicted octanol–water partition coefficient (Wildman–Crippen LogP) is -0.463. The van der Waals surface area contributed by atoms with Crippen LogP contribution < -0.4 is 0 Å². The second-order valence-electron chi connectivity index (χ2n) is 4.60. The van der Waals surface area contributed by atoms with E-state index in [1.165, 1.54) is 20.8 Å². The molecule has 2 heterocycles. The fraction of sp³-hybridized carbons (Fsp3) is 0.750. The van der Waals surface area contributed by atoms with E-state index < -0.39 is 48.6 Å². The highest BCUT2D eigenvalue weighted by Gasteiger charge is 2.55. The zero-order valence-electron chi connectivity index (χ0n) is 11.4. The highest BCUT2D eigenvalue weighted by Crippen LogP contribution is 2.33. The van der Waals surface area contributed by atoms with Crippen LogP contribution in [-0.4, -0.2) is 55.2 Å². The van der Waals surface area contributed by atoms with E-state index in [-0.39, 0.29) is 6.61 Å². The molecule has 8 heteroatoms.